The van der Waals surface area contributed by atoms with Gasteiger partial charge in [0, 0.05) is 8.47 Å². The zero-order chi connectivity index (χ0) is 6.15. The molecule has 0 saturated heterocycles. The molecule has 0 atom stereocenters. The van der Waals surface area contributed by atoms with E-state index in [0.717, 1.165) is 0 Å². The molecule has 1 rings (SSSR count). The van der Waals surface area contributed by atoms with Crippen LogP contribution in [0.5, 0.6) is 0 Å². The summed E-state index contributed by atoms with van der Waals surface area (Å²) >= 11 is 0. The maximum absolute atomic E-state index is 10.5. The third-order valence-electron chi connectivity index (χ3n) is 0.882. The van der Waals surface area contributed by atoms with Gasteiger partial charge in [0.25, 0.3) is 0 Å². The smallest absolute Gasteiger partial charge is 0.293 e. The normalized spacial score (nSPS) is 9.75. The van der Waals surface area contributed by atoms with Gasteiger partial charge < -0.3 is 0 Å². The molecule has 46 valence electrons. The summed E-state index contributed by atoms with van der Waals surface area (Å²) in [6.07, 6.45) is 0. The molecule has 0 aromatic carbocycles. The number of aromatic nitrogens is 3. The van der Waals surface area contributed by atoms with Crippen LogP contribution >= 0.6 is 0 Å². The summed E-state index contributed by atoms with van der Waals surface area (Å²) in [5, 5.41) is 3.76. The first kappa shape index (κ1) is 5.08. The molecule has 8 heavy (non-hydrogen) atoms. The van der Waals surface area contributed by atoms with Crippen LogP contribution < -0.4 is 5.69 Å². The third kappa shape index (κ3) is 0.641. The second-order valence-corrected chi connectivity index (χ2v) is 1.64. The lowest BCUT2D eigenvalue weighted by molar-refractivity contribution is 0.728. The Hall–Kier alpha value is -1.06. The van der Waals surface area contributed by atoms with Gasteiger partial charge in [0.05, 0.1) is 0 Å². The highest BCUT2D eigenvalue weighted by atomic mass is 16.1. The van der Waals surface area contributed by atoms with E-state index in [9.17, 15) is 4.79 Å². The first-order chi connectivity index (χ1) is 3.70. The molecule has 0 fully saturated rings. The van der Waals surface area contributed by atoms with Crippen LogP contribution in [0.3, 0.4) is 0 Å². The molecule has 0 aliphatic heterocycles. The molecule has 1 aromatic heterocycles. The van der Waals surface area contributed by atoms with Crippen molar-refractivity contribution >= 4 is 0 Å². The first-order valence-electron chi connectivity index (χ1n) is 2.30. The number of aromatic amines is 1. The molecule has 0 spiro atoms. The third-order valence-corrected chi connectivity index (χ3v) is 0.882. The summed E-state index contributed by atoms with van der Waals surface area (Å²) in [5.41, 5.74) is -0.164. The van der Waals surface area contributed by atoms with Crippen molar-refractivity contribution in [1.29, 1.82) is 0 Å². The van der Waals surface area contributed by atoms with Gasteiger partial charge in [0.15, 0.2) is 0 Å². The molecule has 0 radical (unpaired) electrons. The van der Waals surface area contributed by atoms with Gasteiger partial charge in [-0.25, -0.2) is 9.48 Å². The number of hydrogen-bond acceptors (Lipinski definition) is 2. The molecule has 0 amide bonds. The molecule has 1 aromatic rings. The summed E-state index contributed by atoms with van der Waals surface area (Å²) in [6, 6.07) is 0. The molecule has 4 heteroatoms. The Kier molecular flexibility index (Phi) is 0.932. The quantitative estimate of drug-likeness (QED) is 0.503. The first-order valence-corrected chi connectivity index (χ1v) is 2.30. The van der Waals surface area contributed by atoms with Crippen molar-refractivity contribution in [3.8, 4) is 0 Å². The van der Waals surface area contributed by atoms with E-state index >= 15 is 0 Å². The standard InChI is InChI=1S/C4H7N3O.H2/c1-3-5-4(8)7(2)6-3;/h1-2H3,(H,5,6,8);1H. The Morgan fingerprint density at radius 2 is 2.50 bits per heavy atom. The molecule has 0 unspecified atom stereocenters. The highest BCUT2D eigenvalue weighted by Crippen LogP contribution is 1.72. The van der Waals surface area contributed by atoms with Crippen LogP contribution in [0, 0.1) is 6.92 Å². The largest absolute Gasteiger partial charge is 0.342 e. The minimum atomic E-state index is -0.164. The van der Waals surface area contributed by atoms with Gasteiger partial charge in [0.2, 0.25) is 0 Å². The van der Waals surface area contributed by atoms with E-state index in [-0.39, 0.29) is 7.12 Å². The van der Waals surface area contributed by atoms with Crippen molar-refractivity contribution in [3.05, 3.63) is 16.3 Å². The lowest BCUT2D eigenvalue weighted by atomic mass is 10.8. The average molecular weight is 115 g/mol. The molecule has 4 nitrogen and oxygen atoms in total. The molecule has 0 saturated carbocycles. The zero-order valence-corrected chi connectivity index (χ0v) is 4.80. The van der Waals surface area contributed by atoms with Gasteiger partial charge in [0.1, 0.15) is 5.82 Å². The fraction of sp³-hybridized carbons (Fsp3) is 0.500. The maximum atomic E-state index is 10.5. The van der Waals surface area contributed by atoms with Crippen molar-refractivity contribution in [2.75, 3.05) is 0 Å². The number of hydrogen-bond donors (Lipinski definition) is 1. The molecule has 0 bridgehead atoms. The summed E-state index contributed by atoms with van der Waals surface area (Å²) in [4.78, 5) is 13.0. The van der Waals surface area contributed by atoms with Crippen molar-refractivity contribution in [1.82, 2.24) is 14.8 Å². The van der Waals surface area contributed by atoms with E-state index in [2.05, 4.69) is 10.1 Å². The van der Waals surface area contributed by atoms with Gasteiger partial charge in [-0.1, -0.05) is 0 Å². The van der Waals surface area contributed by atoms with Crippen LogP contribution in [0.2, 0.25) is 0 Å². The predicted molar refractivity (Wildman–Crippen MR) is 30.7 cm³/mol. The number of rotatable bonds is 0. The fourth-order valence-electron chi connectivity index (χ4n) is 0.531. The van der Waals surface area contributed by atoms with E-state index in [1.807, 2.05) is 0 Å². The summed E-state index contributed by atoms with van der Waals surface area (Å²) < 4.78 is 1.26. The lowest BCUT2D eigenvalue weighted by Gasteiger charge is -1.76. The van der Waals surface area contributed by atoms with Gasteiger partial charge in [-0.15, -0.1) is 0 Å². The average Bonchev–Trinajstić information content (AvgIpc) is 1.85. The van der Waals surface area contributed by atoms with Crippen LogP contribution in [0.25, 0.3) is 0 Å². The number of H-pyrrole nitrogens is 1. The van der Waals surface area contributed by atoms with Crippen LogP contribution in [-0.2, 0) is 7.05 Å². The highest BCUT2D eigenvalue weighted by Gasteiger charge is 1.91. The van der Waals surface area contributed by atoms with Crippen LogP contribution in [0.15, 0.2) is 4.79 Å². The van der Waals surface area contributed by atoms with Gasteiger partial charge in [-0.3, -0.25) is 4.98 Å². The van der Waals surface area contributed by atoms with Crippen molar-refractivity contribution in [2.45, 2.75) is 6.92 Å². The summed E-state index contributed by atoms with van der Waals surface area (Å²) in [6.45, 7) is 1.74. The van der Waals surface area contributed by atoms with E-state index in [0.29, 0.717) is 5.82 Å². The second-order valence-electron chi connectivity index (χ2n) is 1.64. The van der Waals surface area contributed by atoms with E-state index in [4.69, 9.17) is 0 Å². The van der Waals surface area contributed by atoms with Gasteiger partial charge in [-0.05, 0) is 6.92 Å². The molecular weight excluding hydrogens is 106 g/mol. The fourth-order valence-corrected chi connectivity index (χ4v) is 0.531. The topological polar surface area (TPSA) is 50.7 Å². The van der Waals surface area contributed by atoms with E-state index in [1.54, 1.807) is 14.0 Å². The van der Waals surface area contributed by atoms with E-state index < -0.39 is 0 Å². The number of nitrogens with one attached hydrogen (secondary N) is 1. The van der Waals surface area contributed by atoms with Crippen molar-refractivity contribution < 1.29 is 1.43 Å². The monoisotopic (exact) mass is 115 g/mol. The van der Waals surface area contributed by atoms with Crippen LogP contribution in [-0.4, -0.2) is 14.8 Å². The maximum Gasteiger partial charge on any atom is 0.342 e. The minimum Gasteiger partial charge on any atom is -0.293 e. The molecule has 1 N–H and O–H groups in total. The minimum absolute atomic E-state index is 0. The predicted octanol–water partition coefficient (Wildman–Crippen LogP) is -0.337. The Bertz CT molecular complexity index is 238. The van der Waals surface area contributed by atoms with Crippen molar-refractivity contribution in [2.24, 2.45) is 7.05 Å². The molecular formula is C4H9N3O. The SMILES string of the molecule is Cc1nn(C)c(=O)[nH]1.[HH]. The molecule has 1 heterocycles. The van der Waals surface area contributed by atoms with Gasteiger partial charge >= 0.3 is 5.69 Å². The van der Waals surface area contributed by atoms with Gasteiger partial charge in [-0.2, -0.15) is 5.10 Å². The summed E-state index contributed by atoms with van der Waals surface area (Å²) in [5.74, 6) is 0.650. The number of aryl methyl sites for hydroxylation is 2. The second kappa shape index (κ2) is 1.47. The molecule has 0 aliphatic carbocycles. The Morgan fingerprint density at radius 3 is 2.62 bits per heavy atom. The Balaban J connectivity index is 0.000000640. The van der Waals surface area contributed by atoms with Crippen LogP contribution in [0.1, 0.15) is 7.25 Å². The Morgan fingerprint density at radius 1 is 1.88 bits per heavy atom. The Labute approximate surface area is 47.6 Å². The summed E-state index contributed by atoms with van der Waals surface area (Å²) in [7, 11) is 1.60. The van der Waals surface area contributed by atoms with Crippen LogP contribution in [0.4, 0.5) is 0 Å². The van der Waals surface area contributed by atoms with E-state index in [1.165, 1.54) is 4.68 Å². The van der Waals surface area contributed by atoms with Crippen molar-refractivity contribution in [3.63, 3.8) is 0 Å². The lowest BCUT2D eigenvalue weighted by Crippen LogP contribution is -2.13. The number of nitrogens with zero attached hydrogens (tertiary/aromatic N) is 2. The zero-order valence-electron chi connectivity index (χ0n) is 4.80. The molecule has 0 aliphatic rings. The highest BCUT2D eigenvalue weighted by molar-refractivity contribution is 4.74.